The molecule has 2 rings (SSSR count). The number of phenolic OH excluding ortho intramolecular Hbond substituents is 1. The number of anilines is 1. The number of benzene rings is 1. The monoisotopic (exact) mass is 177 g/mol. The molecule has 13 heavy (non-hydrogen) atoms. The molecule has 0 unspecified atom stereocenters. The van der Waals surface area contributed by atoms with Gasteiger partial charge in [-0.1, -0.05) is 6.07 Å². The van der Waals surface area contributed by atoms with Crippen molar-refractivity contribution >= 4 is 11.6 Å². The van der Waals surface area contributed by atoms with Gasteiger partial charge in [-0.15, -0.1) is 0 Å². The van der Waals surface area contributed by atoms with E-state index >= 15 is 0 Å². The van der Waals surface area contributed by atoms with E-state index in [1.54, 1.807) is 24.1 Å². The smallest absolute Gasteiger partial charge is 0.227 e. The highest BCUT2D eigenvalue weighted by Gasteiger charge is 2.22. The van der Waals surface area contributed by atoms with E-state index < -0.39 is 0 Å². The van der Waals surface area contributed by atoms with Crippen molar-refractivity contribution in [1.29, 1.82) is 0 Å². The first kappa shape index (κ1) is 8.10. The molecule has 0 spiro atoms. The zero-order valence-corrected chi connectivity index (χ0v) is 7.45. The molecule has 1 amide bonds. The van der Waals surface area contributed by atoms with E-state index in [9.17, 15) is 9.90 Å². The molecule has 1 aromatic carbocycles. The predicted molar refractivity (Wildman–Crippen MR) is 49.8 cm³/mol. The molecule has 3 nitrogen and oxygen atoms in total. The van der Waals surface area contributed by atoms with Gasteiger partial charge in [0.2, 0.25) is 5.91 Å². The Morgan fingerprint density at radius 2 is 2.15 bits per heavy atom. The van der Waals surface area contributed by atoms with Crippen LogP contribution in [0.3, 0.4) is 0 Å². The summed E-state index contributed by atoms with van der Waals surface area (Å²) in [7, 11) is 1.74. The highest BCUT2D eigenvalue weighted by atomic mass is 16.3. The van der Waals surface area contributed by atoms with Gasteiger partial charge in [0.25, 0.3) is 0 Å². The van der Waals surface area contributed by atoms with Crippen LogP contribution in [0.1, 0.15) is 12.0 Å². The molecule has 0 saturated heterocycles. The number of phenols is 1. The van der Waals surface area contributed by atoms with Crippen LogP contribution in [0, 0.1) is 0 Å². The fraction of sp³-hybridized carbons (Fsp3) is 0.300. The summed E-state index contributed by atoms with van der Waals surface area (Å²) < 4.78 is 0. The van der Waals surface area contributed by atoms with Crippen LogP contribution < -0.4 is 4.90 Å². The lowest BCUT2D eigenvalue weighted by Gasteiger charge is -2.25. The Bertz CT molecular complexity index is 360. The zero-order valence-electron chi connectivity index (χ0n) is 7.45. The molecule has 0 saturated carbocycles. The van der Waals surface area contributed by atoms with Crippen molar-refractivity contribution in [2.75, 3.05) is 11.9 Å². The molecule has 0 aromatic heterocycles. The summed E-state index contributed by atoms with van der Waals surface area (Å²) in [4.78, 5) is 12.9. The molecule has 1 aliphatic rings. The van der Waals surface area contributed by atoms with Crippen LogP contribution >= 0.6 is 0 Å². The number of carbonyl (C=O) groups is 1. The first-order chi connectivity index (χ1) is 6.20. The lowest BCUT2D eigenvalue weighted by Crippen LogP contribution is -2.30. The second-order valence-corrected chi connectivity index (χ2v) is 3.23. The zero-order chi connectivity index (χ0) is 9.42. The minimum atomic E-state index is 0.109. The van der Waals surface area contributed by atoms with Gasteiger partial charge in [-0.2, -0.15) is 0 Å². The molecule has 1 aliphatic heterocycles. The SMILES string of the molecule is CN1C(=O)CCc2c(O)cccc21. The summed E-state index contributed by atoms with van der Waals surface area (Å²) in [5.41, 5.74) is 1.71. The summed E-state index contributed by atoms with van der Waals surface area (Å²) in [5, 5.41) is 9.52. The van der Waals surface area contributed by atoms with E-state index in [4.69, 9.17) is 0 Å². The van der Waals surface area contributed by atoms with Crippen LogP contribution in [0.2, 0.25) is 0 Å². The number of hydrogen-bond acceptors (Lipinski definition) is 2. The van der Waals surface area contributed by atoms with Crippen LogP contribution in [0.25, 0.3) is 0 Å². The number of amides is 1. The molecular weight excluding hydrogens is 166 g/mol. The van der Waals surface area contributed by atoms with Crippen molar-refractivity contribution in [3.63, 3.8) is 0 Å². The maximum Gasteiger partial charge on any atom is 0.227 e. The fourth-order valence-electron chi connectivity index (χ4n) is 1.67. The summed E-state index contributed by atoms with van der Waals surface area (Å²) in [5.74, 6) is 0.398. The molecule has 0 radical (unpaired) electrons. The van der Waals surface area contributed by atoms with Crippen molar-refractivity contribution in [3.8, 4) is 5.75 Å². The minimum Gasteiger partial charge on any atom is -0.508 e. The average Bonchev–Trinajstić information content (AvgIpc) is 2.12. The number of aromatic hydroxyl groups is 1. The van der Waals surface area contributed by atoms with Crippen molar-refractivity contribution in [2.24, 2.45) is 0 Å². The molecule has 0 aliphatic carbocycles. The number of nitrogens with zero attached hydrogens (tertiary/aromatic N) is 1. The van der Waals surface area contributed by atoms with E-state index in [0.717, 1.165) is 11.3 Å². The molecule has 68 valence electrons. The third kappa shape index (κ3) is 1.16. The standard InChI is InChI=1S/C10H11NO2/c1-11-8-3-2-4-9(12)7(8)5-6-10(11)13/h2-4,12H,5-6H2,1H3. The second kappa shape index (κ2) is 2.76. The molecule has 0 fully saturated rings. The van der Waals surface area contributed by atoms with E-state index in [2.05, 4.69) is 0 Å². The molecule has 1 heterocycles. The van der Waals surface area contributed by atoms with Crippen molar-refractivity contribution < 1.29 is 9.90 Å². The second-order valence-electron chi connectivity index (χ2n) is 3.23. The predicted octanol–water partition coefficient (Wildman–Crippen LogP) is 1.30. The lowest BCUT2D eigenvalue weighted by atomic mass is 10.0. The minimum absolute atomic E-state index is 0.109. The van der Waals surface area contributed by atoms with Crippen molar-refractivity contribution in [3.05, 3.63) is 23.8 Å². The van der Waals surface area contributed by atoms with Gasteiger partial charge in [-0.25, -0.2) is 0 Å². The number of carbonyl (C=O) groups excluding carboxylic acids is 1. The Morgan fingerprint density at radius 1 is 1.38 bits per heavy atom. The normalized spacial score (nSPS) is 15.8. The van der Waals surface area contributed by atoms with Gasteiger partial charge in [-0.05, 0) is 18.6 Å². The molecular formula is C10H11NO2. The van der Waals surface area contributed by atoms with Gasteiger partial charge in [0.05, 0.1) is 5.69 Å². The Hall–Kier alpha value is -1.51. The Morgan fingerprint density at radius 3 is 2.92 bits per heavy atom. The van der Waals surface area contributed by atoms with Gasteiger partial charge in [-0.3, -0.25) is 4.79 Å². The highest BCUT2D eigenvalue weighted by Crippen LogP contribution is 2.32. The topological polar surface area (TPSA) is 40.5 Å². The summed E-state index contributed by atoms with van der Waals surface area (Å²) >= 11 is 0. The maximum absolute atomic E-state index is 11.3. The van der Waals surface area contributed by atoms with Crippen LogP contribution in [0.5, 0.6) is 5.75 Å². The van der Waals surface area contributed by atoms with Crippen molar-refractivity contribution in [1.82, 2.24) is 0 Å². The summed E-state index contributed by atoms with van der Waals surface area (Å²) in [6, 6.07) is 5.26. The van der Waals surface area contributed by atoms with Gasteiger partial charge < -0.3 is 10.0 Å². The van der Waals surface area contributed by atoms with Gasteiger partial charge in [0.15, 0.2) is 0 Å². The first-order valence-corrected chi connectivity index (χ1v) is 4.27. The first-order valence-electron chi connectivity index (χ1n) is 4.27. The largest absolute Gasteiger partial charge is 0.508 e. The van der Waals surface area contributed by atoms with Crippen LogP contribution in [-0.2, 0) is 11.2 Å². The maximum atomic E-state index is 11.3. The van der Waals surface area contributed by atoms with Crippen LogP contribution in [0.4, 0.5) is 5.69 Å². The quantitative estimate of drug-likeness (QED) is 0.649. The molecule has 1 N–H and O–H groups in total. The lowest BCUT2D eigenvalue weighted by molar-refractivity contribution is -0.118. The molecule has 0 bridgehead atoms. The van der Waals surface area contributed by atoms with E-state index in [-0.39, 0.29) is 11.7 Å². The Kier molecular flexibility index (Phi) is 1.72. The van der Waals surface area contributed by atoms with Crippen LogP contribution in [0.15, 0.2) is 18.2 Å². The summed E-state index contributed by atoms with van der Waals surface area (Å²) in [6.07, 6.45) is 1.13. The van der Waals surface area contributed by atoms with Gasteiger partial charge in [0.1, 0.15) is 5.75 Å². The van der Waals surface area contributed by atoms with E-state index in [1.165, 1.54) is 0 Å². The highest BCUT2D eigenvalue weighted by molar-refractivity contribution is 5.96. The van der Waals surface area contributed by atoms with Crippen molar-refractivity contribution in [2.45, 2.75) is 12.8 Å². The molecule has 3 heteroatoms. The van der Waals surface area contributed by atoms with Crippen LogP contribution in [-0.4, -0.2) is 18.1 Å². The summed E-state index contributed by atoms with van der Waals surface area (Å²) in [6.45, 7) is 0. The number of fused-ring (bicyclic) bond motifs is 1. The number of rotatable bonds is 0. The average molecular weight is 177 g/mol. The van der Waals surface area contributed by atoms with E-state index in [1.807, 2.05) is 6.07 Å². The number of hydrogen-bond donors (Lipinski definition) is 1. The Balaban J connectivity index is 2.55. The van der Waals surface area contributed by atoms with Gasteiger partial charge >= 0.3 is 0 Å². The third-order valence-electron chi connectivity index (χ3n) is 2.45. The third-order valence-corrected chi connectivity index (χ3v) is 2.45. The van der Waals surface area contributed by atoms with Gasteiger partial charge in [0, 0.05) is 19.0 Å². The Labute approximate surface area is 76.6 Å². The fourth-order valence-corrected chi connectivity index (χ4v) is 1.67. The molecule has 0 atom stereocenters. The van der Waals surface area contributed by atoms with E-state index in [0.29, 0.717) is 12.8 Å². The molecule has 1 aromatic rings.